The maximum atomic E-state index is 6.62. The number of nitrogens with zero attached hydrogens (tertiary/aromatic N) is 3. The number of hydrogen-bond acceptors (Lipinski definition) is 3. The highest BCUT2D eigenvalue weighted by Gasteiger charge is 2.26. The summed E-state index contributed by atoms with van der Waals surface area (Å²) in [6, 6.07) is 44.4. The van der Waals surface area contributed by atoms with Crippen LogP contribution in [0.15, 0.2) is 133 Å². The zero-order valence-corrected chi connectivity index (χ0v) is 22.6. The van der Waals surface area contributed by atoms with E-state index in [1.807, 2.05) is 18.2 Å². The van der Waals surface area contributed by atoms with Gasteiger partial charge in [-0.15, -0.1) is 0 Å². The number of imidazole rings is 1. The van der Waals surface area contributed by atoms with E-state index in [4.69, 9.17) is 21.8 Å². The Bertz CT molecular complexity index is 2210. The summed E-state index contributed by atoms with van der Waals surface area (Å²) >= 11 is 6.62. The van der Waals surface area contributed by atoms with Gasteiger partial charge in [-0.2, -0.15) is 0 Å². The lowest BCUT2D eigenvalue weighted by atomic mass is 10.1. The number of pyridine rings is 2. The van der Waals surface area contributed by atoms with E-state index in [1.165, 1.54) is 10.6 Å². The minimum Gasteiger partial charge on any atom is -0.292 e. The van der Waals surface area contributed by atoms with Crippen LogP contribution in [0.1, 0.15) is 0 Å². The van der Waals surface area contributed by atoms with E-state index in [-0.39, 0.29) is 0 Å². The Labute approximate surface area is 230 Å². The van der Waals surface area contributed by atoms with Gasteiger partial charge in [0, 0.05) is 22.2 Å². The molecule has 0 unspecified atom stereocenters. The molecular weight excluding hydrogens is 513 g/mol. The Hall–Kier alpha value is -4.37. The molecule has 8 aromatic rings. The highest BCUT2D eigenvalue weighted by Crippen LogP contribution is 2.43. The molecule has 39 heavy (non-hydrogen) atoms. The van der Waals surface area contributed by atoms with Crippen LogP contribution in [0.3, 0.4) is 0 Å². The lowest BCUT2D eigenvalue weighted by Crippen LogP contribution is -2.24. The van der Waals surface area contributed by atoms with Crippen LogP contribution in [0.4, 0.5) is 0 Å². The van der Waals surface area contributed by atoms with Crippen LogP contribution in [-0.4, -0.2) is 14.4 Å². The predicted octanol–water partition coefficient (Wildman–Crippen LogP) is 7.10. The van der Waals surface area contributed by atoms with E-state index >= 15 is 0 Å². The van der Waals surface area contributed by atoms with Crippen molar-refractivity contribution in [3.05, 3.63) is 133 Å². The monoisotopic (exact) mass is 535 g/mol. The molecule has 3 aromatic heterocycles. The van der Waals surface area contributed by atoms with Crippen LogP contribution in [0, 0.1) is 0 Å². The third-order valence-corrected chi connectivity index (χ3v) is 12.6. The SMILES string of the molecule is S=P(c1ccccc1)(c1ccccc1)c1ccc2c(c1)nc1c3cc4ccccc4nc3c3ccccc3n21. The minimum absolute atomic E-state index is 0.918. The molecule has 0 saturated carbocycles. The highest BCUT2D eigenvalue weighted by atomic mass is 32.4. The maximum Gasteiger partial charge on any atom is 0.147 e. The fraction of sp³-hybridized carbons (Fsp3) is 0. The smallest absolute Gasteiger partial charge is 0.147 e. The minimum atomic E-state index is -2.28. The number of fused-ring (bicyclic) bond motifs is 9. The van der Waals surface area contributed by atoms with Gasteiger partial charge in [-0.3, -0.25) is 4.40 Å². The van der Waals surface area contributed by atoms with Crippen molar-refractivity contribution < 1.29 is 0 Å². The second kappa shape index (κ2) is 8.57. The summed E-state index contributed by atoms with van der Waals surface area (Å²) in [5.41, 5.74) is 6.00. The molecule has 0 fully saturated rings. The summed E-state index contributed by atoms with van der Waals surface area (Å²) in [5, 5.41) is 6.78. The Balaban J connectivity index is 1.48. The largest absolute Gasteiger partial charge is 0.292 e. The van der Waals surface area contributed by atoms with Gasteiger partial charge in [-0.1, -0.05) is 115 Å². The van der Waals surface area contributed by atoms with E-state index in [0.717, 1.165) is 54.7 Å². The molecular formula is C34H22N3PS. The number of benzene rings is 5. The van der Waals surface area contributed by atoms with Crippen LogP contribution in [0.25, 0.3) is 49.4 Å². The van der Waals surface area contributed by atoms with E-state index in [2.05, 4.69) is 120 Å². The standard InChI is InChI=1S/C34H22N3PS/c39-38(24-12-3-1-4-13-24,25-14-5-2-6-15-25)26-19-20-32-30(22-26)36-34-28-21-23-11-7-9-17-29(23)35-33(28)27-16-8-10-18-31(27)37(32)34/h1-22H. The summed E-state index contributed by atoms with van der Waals surface area (Å²) in [6.45, 7) is 0. The summed E-state index contributed by atoms with van der Waals surface area (Å²) in [6.07, 6.45) is 0. The van der Waals surface area contributed by atoms with Crippen molar-refractivity contribution in [2.45, 2.75) is 0 Å². The zero-order valence-electron chi connectivity index (χ0n) is 20.9. The molecule has 0 aliphatic rings. The Kier molecular flexibility index (Phi) is 4.97. The predicted molar refractivity (Wildman–Crippen MR) is 169 cm³/mol. The third kappa shape index (κ3) is 3.32. The van der Waals surface area contributed by atoms with Crippen molar-refractivity contribution in [1.82, 2.24) is 14.4 Å². The van der Waals surface area contributed by atoms with E-state index in [1.54, 1.807) is 0 Å². The molecule has 184 valence electrons. The van der Waals surface area contributed by atoms with Crippen molar-refractivity contribution in [3.8, 4) is 0 Å². The van der Waals surface area contributed by atoms with Crippen LogP contribution >= 0.6 is 6.04 Å². The number of aromatic nitrogens is 3. The molecule has 0 N–H and O–H groups in total. The van der Waals surface area contributed by atoms with Crippen molar-refractivity contribution in [1.29, 1.82) is 0 Å². The molecule has 0 radical (unpaired) electrons. The van der Waals surface area contributed by atoms with Crippen molar-refractivity contribution >= 4 is 83.1 Å². The molecule has 3 heterocycles. The van der Waals surface area contributed by atoms with Crippen molar-refractivity contribution in [3.63, 3.8) is 0 Å². The van der Waals surface area contributed by atoms with Crippen LogP contribution in [0.5, 0.6) is 0 Å². The molecule has 0 amide bonds. The fourth-order valence-corrected chi connectivity index (χ4v) is 9.51. The van der Waals surface area contributed by atoms with E-state index < -0.39 is 6.04 Å². The Morgan fingerprint density at radius 3 is 1.95 bits per heavy atom. The van der Waals surface area contributed by atoms with Gasteiger partial charge < -0.3 is 0 Å². The molecule has 8 rings (SSSR count). The van der Waals surface area contributed by atoms with E-state index in [0.29, 0.717) is 0 Å². The van der Waals surface area contributed by atoms with Crippen molar-refractivity contribution in [2.24, 2.45) is 0 Å². The Morgan fingerprint density at radius 1 is 0.513 bits per heavy atom. The average Bonchev–Trinajstić information content (AvgIpc) is 3.40. The molecule has 0 spiro atoms. The van der Waals surface area contributed by atoms with Crippen molar-refractivity contribution in [2.75, 3.05) is 0 Å². The lowest BCUT2D eigenvalue weighted by molar-refractivity contribution is 1.31. The second-order valence-corrected chi connectivity index (χ2v) is 14.2. The molecule has 5 aromatic carbocycles. The first-order valence-electron chi connectivity index (χ1n) is 13.0. The molecule has 0 aliphatic heterocycles. The first-order chi connectivity index (χ1) is 19.2. The first-order valence-corrected chi connectivity index (χ1v) is 15.8. The maximum absolute atomic E-state index is 6.62. The van der Waals surface area contributed by atoms with Gasteiger partial charge in [0.2, 0.25) is 0 Å². The quantitative estimate of drug-likeness (QED) is 0.137. The Morgan fingerprint density at radius 2 is 1.18 bits per heavy atom. The second-order valence-electron chi connectivity index (χ2n) is 9.82. The van der Waals surface area contributed by atoms with Gasteiger partial charge in [0.1, 0.15) is 5.65 Å². The van der Waals surface area contributed by atoms with Crippen LogP contribution in [-0.2, 0) is 11.8 Å². The van der Waals surface area contributed by atoms with Gasteiger partial charge in [0.05, 0.1) is 27.6 Å². The molecule has 5 heteroatoms. The normalized spacial score (nSPS) is 12.2. The first kappa shape index (κ1) is 22.6. The van der Waals surface area contributed by atoms with Crippen LogP contribution in [0.2, 0.25) is 0 Å². The van der Waals surface area contributed by atoms with Gasteiger partial charge in [-0.05, 0) is 46.2 Å². The molecule has 3 nitrogen and oxygen atoms in total. The van der Waals surface area contributed by atoms with Gasteiger partial charge in [0.15, 0.2) is 0 Å². The number of hydrogen-bond donors (Lipinski definition) is 0. The average molecular weight is 536 g/mol. The third-order valence-electron chi connectivity index (χ3n) is 7.61. The van der Waals surface area contributed by atoms with Gasteiger partial charge in [0.25, 0.3) is 0 Å². The molecule has 0 saturated heterocycles. The molecule has 0 aliphatic carbocycles. The summed E-state index contributed by atoms with van der Waals surface area (Å²) in [4.78, 5) is 10.4. The lowest BCUT2D eigenvalue weighted by Gasteiger charge is -2.24. The fourth-order valence-electron chi connectivity index (χ4n) is 5.77. The molecule has 0 atom stereocenters. The zero-order chi connectivity index (χ0) is 26.0. The number of para-hydroxylation sites is 2. The van der Waals surface area contributed by atoms with Gasteiger partial charge in [-0.25, -0.2) is 9.97 Å². The summed E-state index contributed by atoms with van der Waals surface area (Å²) in [7, 11) is 0. The van der Waals surface area contributed by atoms with Crippen LogP contribution < -0.4 is 15.9 Å². The van der Waals surface area contributed by atoms with Gasteiger partial charge >= 0.3 is 0 Å². The summed E-state index contributed by atoms with van der Waals surface area (Å²) < 4.78 is 2.28. The topological polar surface area (TPSA) is 30.2 Å². The highest BCUT2D eigenvalue weighted by molar-refractivity contribution is 8.25. The van der Waals surface area contributed by atoms with E-state index in [9.17, 15) is 0 Å². The summed E-state index contributed by atoms with van der Waals surface area (Å²) in [5.74, 6) is 0. The number of rotatable bonds is 3. The molecule has 0 bridgehead atoms.